The molecule has 2 aromatic rings. The van der Waals surface area contributed by atoms with E-state index in [0.29, 0.717) is 28.5 Å². The summed E-state index contributed by atoms with van der Waals surface area (Å²) in [6.45, 7) is 1.59. The fraction of sp³-hybridized carbons (Fsp3) is 0.167. The molecular formula is C18H18N4O6. The quantitative estimate of drug-likeness (QED) is 0.338. The van der Waals surface area contributed by atoms with Gasteiger partial charge in [-0.25, -0.2) is 5.43 Å². The summed E-state index contributed by atoms with van der Waals surface area (Å²) in [4.78, 5) is 34.2. The molecule has 0 aliphatic rings. The summed E-state index contributed by atoms with van der Waals surface area (Å²) in [5, 5.41) is 16.9. The van der Waals surface area contributed by atoms with Crippen LogP contribution < -0.4 is 20.2 Å². The fourth-order valence-corrected chi connectivity index (χ4v) is 2.16. The van der Waals surface area contributed by atoms with Gasteiger partial charge < -0.3 is 14.8 Å². The first-order chi connectivity index (χ1) is 13.3. The predicted octanol–water partition coefficient (Wildman–Crippen LogP) is 2.09. The molecule has 2 amide bonds. The Morgan fingerprint density at radius 2 is 1.71 bits per heavy atom. The maximum absolute atomic E-state index is 12.0. The maximum Gasteiger partial charge on any atom is 0.329 e. The van der Waals surface area contributed by atoms with E-state index in [1.54, 1.807) is 19.1 Å². The summed E-state index contributed by atoms with van der Waals surface area (Å²) in [5.41, 5.74) is 3.30. The molecule has 0 atom stereocenters. The molecule has 2 rings (SSSR count). The van der Waals surface area contributed by atoms with Gasteiger partial charge in [0.2, 0.25) is 0 Å². The summed E-state index contributed by atoms with van der Waals surface area (Å²) in [7, 11) is 2.91. The molecule has 10 nitrogen and oxygen atoms in total. The van der Waals surface area contributed by atoms with Gasteiger partial charge in [-0.15, -0.1) is 0 Å². The summed E-state index contributed by atoms with van der Waals surface area (Å²) < 4.78 is 10.2. The monoisotopic (exact) mass is 386 g/mol. The lowest BCUT2D eigenvalue weighted by atomic mass is 10.1. The zero-order valence-electron chi connectivity index (χ0n) is 15.4. The minimum Gasteiger partial charge on any atom is -0.497 e. The number of anilines is 1. The van der Waals surface area contributed by atoms with E-state index in [0.717, 1.165) is 0 Å². The second kappa shape index (κ2) is 9.12. The van der Waals surface area contributed by atoms with E-state index in [2.05, 4.69) is 15.8 Å². The van der Waals surface area contributed by atoms with Crippen LogP contribution in [-0.2, 0) is 9.59 Å². The van der Waals surface area contributed by atoms with Crippen LogP contribution in [0.3, 0.4) is 0 Å². The number of nitro groups is 1. The van der Waals surface area contributed by atoms with Gasteiger partial charge in [0.15, 0.2) is 0 Å². The molecule has 0 bridgehead atoms. The second-order valence-electron chi connectivity index (χ2n) is 5.46. The SMILES string of the molecule is COc1ccc(NC(=O)C(=O)N/N=C(\C)c2ccc([N+](=O)[O-])cc2)c(OC)c1. The van der Waals surface area contributed by atoms with Crippen molar-refractivity contribution in [1.82, 2.24) is 5.43 Å². The van der Waals surface area contributed by atoms with Gasteiger partial charge >= 0.3 is 11.8 Å². The minimum absolute atomic E-state index is 0.0617. The molecule has 2 aromatic carbocycles. The topological polar surface area (TPSA) is 132 Å². The Morgan fingerprint density at radius 1 is 1.04 bits per heavy atom. The number of amides is 2. The van der Waals surface area contributed by atoms with Crippen molar-refractivity contribution < 1.29 is 24.0 Å². The minimum atomic E-state index is -0.987. The van der Waals surface area contributed by atoms with E-state index in [1.807, 2.05) is 0 Å². The Balaban J connectivity index is 2.03. The number of non-ortho nitro benzene ring substituents is 1. The molecule has 0 heterocycles. The zero-order chi connectivity index (χ0) is 20.7. The van der Waals surface area contributed by atoms with Gasteiger partial charge in [0.05, 0.1) is 30.5 Å². The van der Waals surface area contributed by atoms with E-state index in [9.17, 15) is 19.7 Å². The molecule has 0 spiro atoms. The van der Waals surface area contributed by atoms with Crippen molar-refractivity contribution in [3.05, 3.63) is 58.1 Å². The largest absolute Gasteiger partial charge is 0.497 e. The molecule has 0 saturated carbocycles. The Hall–Kier alpha value is -3.95. The number of carbonyl (C=O) groups excluding carboxylic acids is 2. The number of nitrogens with zero attached hydrogens (tertiary/aromatic N) is 2. The molecular weight excluding hydrogens is 368 g/mol. The van der Waals surface area contributed by atoms with Crippen molar-refractivity contribution in [2.24, 2.45) is 5.10 Å². The first-order valence-electron chi connectivity index (χ1n) is 7.98. The van der Waals surface area contributed by atoms with Crippen LogP contribution in [0, 0.1) is 10.1 Å². The molecule has 0 aliphatic carbocycles. The molecule has 146 valence electrons. The molecule has 0 saturated heterocycles. The van der Waals surface area contributed by atoms with Crippen LogP contribution in [0.2, 0.25) is 0 Å². The lowest BCUT2D eigenvalue weighted by Crippen LogP contribution is -2.33. The smallest absolute Gasteiger partial charge is 0.329 e. The van der Waals surface area contributed by atoms with Crippen LogP contribution in [-0.4, -0.2) is 36.7 Å². The molecule has 28 heavy (non-hydrogen) atoms. The molecule has 0 fully saturated rings. The summed E-state index contributed by atoms with van der Waals surface area (Å²) in [6.07, 6.45) is 0. The number of rotatable bonds is 6. The van der Waals surface area contributed by atoms with E-state index < -0.39 is 16.7 Å². The third-order valence-electron chi connectivity index (χ3n) is 3.68. The maximum atomic E-state index is 12.0. The Kier molecular flexibility index (Phi) is 6.63. The third kappa shape index (κ3) is 5.04. The van der Waals surface area contributed by atoms with Gasteiger partial charge in [-0.3, -0.25) is 19.7 Å². The highest BCUT2D eigenvalue weighted by Gasteiger charge is 2.16. The first kappa shape index (κ1) is 20.4. The van der Waals surface area contributed by atoms with Crippen molar-refractivity contribution in [1.29, 1.82) is 0 Å². The normalized spacial score (nSPS) is 10.8. The number of ether oxygens (including phenoxy) is 2. The van der Waals surface area contributed by atoms with Crippen molar-refractivity contribution in [3.63, 3.8) is 0 Å². The van der Waals surface area contributed by atoms with E-state index in [1.165, 1.54) is 44.6 Å². The number of hydrogen-bond donors (Lipinski definition) is 2. The number of benzene rings is 2. The van der Waals surface area contributed by atoms with Gasteiger partial charge in [0.1, 0.15) is 11.5 Å². The average molecular weight is 386 g/mol. The lowest BCUT2D eigenvalue weighted by molar-refractivity contribution is -0.384. The molecule has 0 radical (unpaired) electrons. The van der Waals surface area contributed by atoms with Crippen LogP contribution in [0.15, 0.2) is 47.6 Å². The number of hydrazone groups is 1. The zero-order valence-corrected chi connectivity index (χ0v) is 15.4. The number of nitro benzene ring substituents is 1. The number of hydrogen-bond acceptors (Lipinski definition) is 7. The van der Waals surface area contributed by atoms with Crippen molar-refractivity contribution in [3.8, 4) is 11.5 Å². The standard InChI is InChI=1S/C18H18N4O6/c1-11(12-4-6-13(7-5-12)22(25)26)20-21-18(24)17(23)19-15-9-8-14(27-2)10-16(15)28-3/h4-10H,1-3H3,(H,19,23)(H,21,24)/b20-11+. The molecule has 2 N–H and O–H groups in total. The molecule has 0 aromatic heterocycles. The fourth-order valence-electron chi connectivity index (χ4n) is 2.16. The van der Waals surface area contributed by atoms with Crippen molar-refractivity contribution >= 4 is 28.9 Å². The van der Waals surface area contributed by atoms with Crippen LogP contribution in [0.1, 0.15) is 12.5 Å². The first-order valence-corrected chi connectivity index (χ1v) is 7.98. The predicted molar refractivity (Wildman–Crippen MR) is 102 cm³/mol. The van der Waals surface area contributed by atoms with Crippen molar-refractivity contribution in [2.45, 2.75) is 6.92 Å². The van der Waals surface area contributed by atoms with E-state index in [4.69, 9.17) is 9.47 Å². The van der Waals surface area contributed by atoms with Crippen LogP contribution in [0.5, 0.6) is 11.5 Å². The van der Waals surface area contributed by atoms with Crippen LogP contribution in [0.25, 0.3) is 0 Å². The van der Waals surface area contributed by atoms with E-state index >= 15 is 0 Å². The highest BCUT2D eigenvalue weighted by atomic mass is 16.6. The van der Waals surface area contributed by atoms with Gasteiger partial charge in [-0.05, 0) is 36.8 Å². The van der Waals surface area contributed by atoms with Crippen LogP contribution >= 0.6 is 0 Å². The van der Waals surface area contributed by atoms with E-state index in [-0.39, 0.29) is 5.69 Å². The van der Waals surface area contributed by atoms with Gasteiger partial charge in [-0.1, -0.05) is 0 Å². The Bertz CT molecular complexity index is 924. The van der Waals surface area contributed by atoms with Gasteiger partial charge in [0.25, 0.3) is 5.69 Å². The number of methoxy groups -OCH3 is 2. The highest BCUT2D eigenvalue weighted by molar-refractivity contribution is 6.39. The lowest BCUT2D eigenvalue weighted by Gasteiger charge is -2.11. The summed E-state index contributed by atoms with van der Waals surface area (Å²) in [5.74, 6) is -1.07. The Labute approximate surface area is 160 Å². The summed E-state index contributed by atoms with van der Waals surface area (Å²) >= 11 is 0. The second-order valence-corrected chi connectivity index (χ2v) is 5.46. The number of nitrogens with one attached hydrogen (secondary N) is 2. The molecule has 10 heteroatoms. The Morgan fingerprint density at radius 3 is 2.29 bits per heavy atom. The molecule has 0 unspecified atom stereocenters. The third-order valence-corrected chi connectivity index (χ3v) is 3.68. The van der Waals surface area contributed by atoms with Crippen molar-refractivity contribution in [2.75, 3.05) is 19.5 Å². The number of carbonyl (C=O) groups is 2. The summed E-state index contributed by atoms with van der Waals surface area (Å²) in [6, 6.07) is 10.3. The average Bonchev–Trinajstić information content (AvgIpc) is 2.71. The molecule has 0 aliphatic heterocycles. The van der Waals surface area contributed by atoms with Crippen LogP contribution in [0.4, 0.5) is 11.4 Å². The van der Waals surface area contributed by atoms with Gasteiger partial charge in [0, 0.05) is 18.2 Å². The van der Waals surface area contributed by atoms with Gasteiger partial charge in [-0.2, -0.15) is 5.10 Å². The highest BCUT2D eigenvalue weighted by Crippen LogP contribution is 2.28.